The number of nitrogens with zero attached hydrogens (tertiary/aromatic N) is 1. The predicted molar refractivity (Wildman–Crippen MR) is 114 cm³/mol. The summed E-state index contributed by atoms with van der Waals surface area (Å²) < 4.78 is 63.7. The lowest BCUT2D eigenvalue weighted by Gasteiger charge is -2.28. The van der Waals surface area contributed by atoms with Crippen LogP contribution in [0, 0.1) is 5.82 Å². The van der Waals surface area contributed by atoms with Crippen LogP contribution in [0.1, 0.15) is 23.0 Å². The fourth-order valence-electron chi connectivity index (χ4n) is 4.08. The highest BCUT2D eigenvalue weighted by molar-refractivity contribution is 5.98. The number of amides is 1. The summed E-state index contributed by atoms with van der Waals surface area (Å²) in [5.41, 5.74) is 7.85. The number of rotatable bonds is 6. The van der Waals surface area contributed by atoms with Gasteiger partial charge in [0.15, 0.2) is 11.6 Å². The zero-order chi connectivity index (χ0) is 23.8. The average molecular weight is 463 g/mol. The Morgan fingerprint density at radius 2 is 1.94 bits per heavy atom. The van der Waals surface area contributed by atoms with Gasteiger partial charge in [-0.3, -0.25) is 4.79 Å². The molecule has 0 bridgehead atoms. The molecule has 0 radical (unpaired) electrons. The Morgan fingerprint density at radius 3 is 2.61 bits per heavy atom. The molecule has 33 heavy (non-hydrogen) atoms. The molecule has 1 aliphatic rings. The first-order valence-electron chi connectivity index (χ1n) is 10.2. The lowest BCUT2D eigenvalue weighted by Crippen LogP contribution is -2.39. The largest absolute Gasteiger partial charge is 0.573 e. The van der Waals surface area contributed by atoms with Gasteiger partial charge >= 0.3 is 6.36 Å². The van der Waals surface area contributed by atoms with E-state index in [-0.39, 0.29) is 17.7 Å². The van der Waals surface area contributed by atoms with Gasteiger partial charge < -0.3 is 25.1 Å². The number of fused-ring (bicyclic) bond motifs is 1. The molecule has 0 saturated carbocycles. The number of benzene rings is 2. The van der Waals surface area contributed by atoms with E-state index in [1.807, 2.05) is 0 Å². The standard InChI is InChI=1S/C23H21F4N3O3/c1-32-20-6-5-14(10-18(20)24)21-17(13-3-2-4-16(9-13)33-23(25,26)27)11-19-22(31)29-12-15(7-8-28)30(19)21/h2-6,9-11,15H,7-8,12,28H2,1H3,(H,29,31)/t15-/m0/s1. The van der Waals surface area contributed by atoms with Crippen molar-refractivity contribution in [3.63, 3.8) is 0 Å². The van der Waals surface area contributed by atoms with Gasteiger partial charge in [0, 0.05) is 17.7 Å². The molecule has 6 nitrogen and oxygen atoms in total. The minimum Gasteiger partial charge on any atom is -0.494 e. The molecule has 0 aliphatic carbocycles. The Kier molecular flexibility index (Phi) is 6.03. The fourth-order valence-corrected chi connectivity index (χ4v) is 4.08. The first kappa shape index (κ1) is 22.7. The molecule has 10 heteroatoms. The molecule has 1 amide bonds. The number of methoxy groups -OCH3 is 1. The number of aromatic nitrogens is 1. The molecule has 4 rings (SSSR count). The average Bonchev–Trinajstić information content (AvgIpc) is 3.16. The van der Waals surface area contributed by atoms with Gasteiger partial charge in [0.05, 0.1) is 18.8 Å². The zero-order valence-corrected chi connectivity index (χ0v) is 17.6. The van der Waals surface area contributed by atoms with Crippen molar-refractivity contribution in [2.24, 2.45) is 5.73 Å². The summed E-state index contributed by atoms with van der Waals surface area (Å²) >= 11 is 0. The second kappa shape index (κ2) is 8.78. The van der Waals surface area contributed by atoms with Crippen LogP contribution in [-0.2, 0) is 0 Å². The highest BCUT2D eigenvalue weighted by atomic mass is 19.4. The van der Waals surface area contributed by atoms with Gasteiger partial charge in [0.25, 0.3) is 5.91 Å². The molecule has 2 aromatic carbocycles. The molecule has 0 unspecified atom stereocenters. The minimum absolute atomic E-state index is 0.0440. The molecule has 1 atom stereocenters. The van der Waals surface area contributed by atoms with Crippen molar-refractivity contribution in [3.8, 4) is 33.9 Å². The Balaban J connectivity index is 1.95. The predicted octanol–water partition coefficient (Wildman–Crippen LogP) is 4.50. The van der Waals surface area contributed by atoms with Crippen molar-refractivity contribution in [2.75, 3.05) is 20.2 Å². The van der Waals surface area contributed by atoms with Crippen molar-refractivity contribution in [3.05, 3.63) is 60.0 Å². The quantitative estimate of drug-likeness (QED) is 0.528. The van der Waals surface area contributed by atoms with E-state index in [0.29, 0.717) is 47.6 Å². The molecule has 1 aromatic heterocycles. The molecular weight excluding hydrogens is 442 g/mol. The van der Waals surface area contributed by atoms with E-state index in [0.717, 1.165) is 0 Å². The maximum atomic E-state index is 14.6. The second-order valence-electron chi connectivity index (χ2n) is 7.53. The van der Waals surface area contributed by atoms with Crippen LogP contribution >= 0.6 is 0 Å². The van der Waals surface area contributed by atoms with Crippen molar-refractivity contribution < 1.29 is 31.8 Å². The van der Waals surface area contributed by atoms with E-state index >= 15 is 0 Å². The van der Waals surface area contributed by atoms with Crippen LogP contribution in [0.5, 0.6) is 11.5 Å². The maximum absolute atomic E-state index is 14.6. The van der Waals surface area contributed by atoms with E-state index in [9.17, 15) is 22.4 Å². The number of nitrogens with one attached hydrogen (secondary N) is 1. The van der Waals surface area contributed by atoms with Crippen molar-refractivity contribution in [1.29, 1.82) is 0 Å². The van der Waals surface area contributed by atoms with E-state index in [1.165, 1.54) is 37.4 Å². The first-order valence-corrected chi connectivity index (χ1v) is 10.2. The highest BCUT2D eigenvalue weighted by Gasteiger charge is 2.33. The number of alkyl halides is 3. The molecule has 2 heterocycles. The van der Waals surface area contributed by atoms with Gasteiger partial charge in [-0.15, -0.1) is 13.2 Å². The summed E-state index contributed by atoms with van der Waals surface area (Å²) in [6.07, 6.45) is -4.32. The Morgan fingerprint density at radius 1 is 1.15 bits per heavy atom. The molecule has 3 N–H and O–H groups in total. The lowest BCUT2D eigenvalue weighted by atomic mass is 10.00. The molecule has 1 aliphatic heterocycles. The van der Waals surface area contributed by atoms with Gasteiger partial charge in [-0.25, -0.2) is 4.39 Å². The molecular formula is C23H21F4N3O3. The number of hydrogen-bond acceptors (Lipinski definition) is 4. The van der Waals surface area contributed by atoms with Crippen LogP contribution in [0.15, 0.2) is 48.5 Å². The van der Waals surface area contributed by atoms with Crippen LogP contribution in [0.4, 0.5) is 17.6 Å². The normalized spacial score (nSPS) is 15.7. The summed E-state index contributed by atoms with van der Waals surface area (Å²) in [7, 11) is 1.34. The van der Waals surface area contributed by atoms with Crippen LogP contribution in [0.3, 0.4) is 0 Å². The van der Waals surface area contributed by atoms with E-state index in [1.54, 1.807) is 22.8 Å². The van der Waals surface area contributed by atoms with E-state index in [4.69, 9.17) is 10.5 Å². The third-order valence-corrected chi connectivity index (χ3v) is 5.44. The van der Waals surface area contributed by atoms with Crippen molar-refractivity contribution in [1.82, 2.24) is 9.88 Å². The molecule has 0 saturated heterocycles. The summed E-state index contributed by atoms with van der Waals surface area (Å²) in [5.74, 6) is -1.31. The number of carbonyl (C=O) groups is 1. The van der Waals surface area contributed by atoms with Crippen molar-refractivity contribution >= 4 is 5.91 Å². The Labute approximate surface area is 186 Å². The van der Waals surface area contributed by atoms with Gasteiger partial charge in [-0.05, 0) is 54.9 Å². The topological polar surface area (TPSA) is 78.5 Å². The molecule has 0 fully saturated rings. The summed E-state index contributed by atoms with van der Waals surface area (Å²) in [6, 6.07) is 11.2. The lowest BCUT2D eigenvalue weighted by molar-refractivity contribution is -0.274. The van der Waals surface area contributed by atoms with Crippen LogP contribution in [0.2, 0.25) is 0 Å². The third-order valence-electron chi connectivity index (χ3n) is 5.44. The maximum Gasteiger partial charge on any atom is 0.573 e. The van der Waals surface area contributed by atoms with Gasteiger partial charge in [-0.1, -0.05) is 12.1 Å². The number of nitrogens with two attached hydrogens (primary N) is 1. The Hall–Kier alpha value is -3.53. The summed E-state index contributed by atoms with van der Waals surface area (Å²) in [6.45, 7) is 0.666. The smallest absolute Gasteiger partial charge is 0.494 e. The van der Waals surface area contributed by atoms with E-state index in [2.05, 4.69) is 10.1 Å². The van der Waals surface area contributed by atoms with Gasteiger partial charge in [0.2, 0.25) is 0 Å². The van der Waals surface area contributed by atoms with Gasteiger partial charge in [0.1, 0.15) is 11.4 Å². The van der Waals surface area contributed by atoms with E-state index < -0.39 is 17.9 Å². The fraction of sp³-hybridized carbons (Fsp3) is 0.261. The molecule has 0 spiro atoms. The second-order valence-corrected chi connectivity index (χ2v) is 7.53. The minimum atomic E-state index is -4.85. The van der Waals surface area contributed by atoms with Gasteiger partial charge in [-0.2, -0.15) is 0 Å². The monoisotopic (exact) mass is 463 g/mol. The number of carbonyl (C=O) groups excluding carboxylic acids is 1. The SMILES string of the molecule is COc1ccc(-c2c(-c3cccc(OC(F)(F)F)c3)cc3n2[C@@H](CCN)CNC3=O)cc1F. The van der Waals surface area contributed by atoms with Crippen LogP contribution in [0.25, 0.3) is 22.4 Å². The summed E-state index contributed by atoms with van der Waals surface area (Å²) in [4.78, 5) is 12.7. The third kappa shape index (κ3) is 4.51. The van der Waals surface area contributed by atoms with Crippen LogP contribution in [-0.4, -0.2) is 37.0 Å². The Bertz CT molecular complexity index is 1190. The first-order chi connectivity index (χ1) is 15.7. The number of ether oxygens (including phenoxy) is 2. The van der Waals surface area contributed by atoms with Crippen molar-refractivity contribution in [2.45, 2.75) is 18.8 Å². The molecule has 3 aromatic rings. The zero-order valence-electron chi connectivity index (χ0n) is 17.6. The number of halogens is 4. The highest BCUT2D eigenvalue weighted by Crippen LogP contribution is 2.41. The van der Waals surface area contributed by atoms with Crippen LogP contribution < -0.4 is 20.5 Å². The summed E-state index contributed by atoms with van der Waals surface area (Å²) in [5, 5.41) is 2.81. The molecule has 174 valence electrons. The number of hydrogen-bond donors (Lipinski definition) is 2.